The van der Waals surface area contributed by atoms with Gasteiger partial charge in [0.05, 0.1) is 5.02 Å². The molecule has 0 radical (unpaired) electrons. The maximum absolute atomic E-state index is 11.7. The predicted octanol–water partition coefficient (Wildman–Crippen LogP) is 5.74. The van der Waals surface area contributed by atoms with Gasteiger partial charge < -0.3 is 14.6 Å². The van der Waals surface area contributed by atoms with Crippen LogP contribution in [0.5, 0.6) is 17.4 Å². The van der Waals surface area contributed by atoms with Crippen LogP contribution in [-0.2, 0) is 4.79 Å². The van der Waals surface area contributed by atoms with E-state index in [9.17, 15) is 9.90 Å². The Labute approximate surface area is 163 Å². The second-order valence-corrected chi connectivity index (χ2v) is 13.7. The van der Waals surface area contributed by atoms with E-state index in [4.69, 9.17) is 32.7 Å². The molecule has 0 saturated heterocycles. The third-order valence-corrected chi connectivity index (χ3v) is 5.69. The van der Waals surface area contributed by atoms with Crippen molar-refractivity contribution >= 4 is 37.2 Å². The number of hydrogen-bond donors (Lipinski definition) is 1. The third kappa shape index (κ3) is 5.62. The minimum Gasteiger partial charge on any atom is -0.478 e. The van der Waals surface area contributed by atoms with Crippen molar-refractivity contribution in [2.24, 2.45) is 0 Å². The number of carboxylic acid groups (broad SMARTS) is 1. The number of aliphatic carboxylic acids is 1. The van der Waals surface area contributed by atoms with Crippen LogP contribution < -0.4 is 9.47 Å². The highest BCUT2D eigenvalue weighted by Gasteiger charge is 2.40. The Morgan fingerprint density at radius 1 is 1.19 bits per heavy atom. The summed E-state index contributed by atoms with van der Waals surface area (Å²) >= 11 is 11.8. The maximum atomic E-state index is 11.7. The minimum absolute atomic E-state index is 0.235. The lowest BCUT2D eigenvalue weighted by Crippen LogP contribution is -2.47. The number of pyridine rings is 1. The SMILES string of the molecule is CC(C[Si](C)(C)C)(Oc1ccc(Oc2ncc(Cl)cc2Cl)cc1)C(=O)O. The molecular weight excluding hydrogens is 393 g/mol. The first-order valence-corrected chi connectivity index (χ1v) is 12.5. The largest absolute Gasteiger partial charge is 0.478 e. The van der Waals surface area contributed by atoms with Crippen LogP contribution in [0.2, 0.25) is 35.7 Å². The average Bonchev–Trinajstić information content (AvgIpc) is 2.50. The molecule has 0 bridgehead atoms. The van der Waals surface area contributed by atoms with Crippen LogP contribution >= 0.6 is 23.2 Å². The van der Waals surface area contributed by atoms with Gasteiger partial charge in [-0.25, -0.2) is 9.78 Å². The molecule has 1 aromatic carbocycles. The van der Waals surface area contributed by atoms with E-state index in [1.54, 1.807) is 31.2 Å². The lowest BCUT2D eigenvalue weighted by molar-refractivity contribution is -0.152. The number of halogens is 2. The smallest absolute Gasteiger partial charge is 0.347 e. The van der Waals surface area contributed by atoms with Gasteiger partial charge in [-0.3, -0.25) is 0 Å². The Balaban J connectivity index is 2.14. The second kappa shape index (κ2) is 7.86. The number of aromatic nitrogens is 1. The zero-order valence-electron chi connectivity index (χ0n) is 15.0. The average molecular weight is 414 g/mol. The lowest BCUT2D eigenvalue weighted by atomic mass is 10.1. The number of ether oxygens (including phenoxy) is 2. The number of nitrogens with zero attached hydrogens (tertiary/aromatic N) is 1. The topological polar surface area (TPSA) is 68.7 Å². The molecule has 0 aliphatic rings. The van der Waals surface area contributed by atoms with Gasteiger partial charge >= 0.3 is 5.97 Å². The summed E-state index contributed by atoms with van der Waals surface area (Å²) in [4.78, 5) is 15.7. The van der Waals surface area contributed by atoms with Crippen molar-refractivity contribution in [3.05, 3.63) is 46.6 Å². The molecule has 1 heterocycles. The zero-order valence-corrected chi connectivity index (χ0v) is 17.6. The van der Waals surface area contributed by atoms with Crippen LogP contribution in [0, 0.1) is 0 Å². The fraction of sp³-hybridized carbons (Fsp3) is 0.333. The van der Waals surface area contributed by atoms with Gasteiger partial charge in [0.15, 0.2) is 5.60 Å². The van der Waals surface area contributed by atoms with E-state index >= 15 is 0 Å². The number of hydrogen-bond acceptors (Lipinski definition) is 4. The van der Waals surface area contributed by atoms with Gasteiger partial charge in [0.1, 0.15) is 16.5 Å². The summed E-state index contributed by atoms with van der Waals surface area (Å²) in [7, 11) is -1.65. The Hall–Kier alpha value is -1.76. The van der Waals surface area contributed by atoms with E-state index in [1.807, 2.05) is 0 Å². The molecule has 1 N–H and O–H groups in total. The molecule has 0 saturated carbocycles. The molecule has 0 fully saturated rings. The van der Waals surface area contributed by atoms with E-state index in [0.717, 1.165) is 0 Å². The van der Waals surface area contributed by atoms with Crippen LogP contribution in [0.15, 0.2) is 36.5 Å². The Morgan fingerprint density at radius 2 is 1.77 bits per heavy atom. The van der Waals surface area contributed by atoms with Crippen molar-refractivity contribution in [2.75, 3.05) is 0 Å². The van der Waals surface area contributed by atoms with E-state index in [-0.39, 0.29) is 5.88 Å². The highest BCUT2D eigenvalue weighted by Crippen LogP contribution is 2.32. The van der Waals surface area contributed by atoms with Gasteiger partial charge in [0.2, 0.25) is 5.88 Å². The standard InChI is InChI=1S/C18H21Cl2NO4Si/c1-18(17(22)23,11-26(2,3)4)25-14-7-5-13(6-8-14)24-16-15(20)9-12(19)10-21-16/h5-10H,11H2,1-4H3,(H,22,23). The molecular formula is C18H21Cl2NO4Si. The Bertz CT molecular complexity index is 793. The summed E-state index contributed by atoms with van der Waals surface area (Å²) in [6.07, 6.45) is 1.44. The van der Waals surface area contributed by atoms with Crippen LogP contribution in [0.1, 0.15) is 6.92 Å². The Morgan fingerprint density at radius 3 is 2.27 bits per heavy atom. The monoisotopic (exact) mass is 413 g/mol. The summed E-state index contributed by atoms with van der Waals surface area (Å²) in [6.45, 7) is 7.93. The van der Waals surface area contributed by atoms with Gasteiger partial charge in [-0.1, -0.05) is 42.8 Å². The molecule has 1 unspecified atom stereocenters. The van der Waals surface area contributed by atoms with Crippen molar-refractivity contribution in [1.82, 2.24) is 4.98 Å². The number of benzene rings is 1. The zero-order chi connectivity index (χ0) is 19.5. The highest BCUT2D eigenvalue weighted by molar-refractivity contribution is 6.76. The molecule has 0 aliphatic carbocycles. The summed E-state index contributed by atoms with van der Waals surface area (Å²) in [5.74, 6) is 0.211. The van der Waals surface area contributed by atoms with Gasteiger partial charge in [-0.05, 0) is 43.3 Å². The van der Waals surface area contributed by atoms with Crippen molar-refractivity contribution in [2.45, 2.75) is 38.2 Å². The maximum Gasteiger partial charge on any atom is 0.347 e. The number of carbonyl (C=O) groups is 1. The van der Waals surface area contributed by atoms with Crippen LogP contribution in [-0.4, -0.2) is 29.7 Å². The van der Waals surface area contributed by atoms with Crippen LogP contribution in [0.3, 0.4) is 0 Å². The van der Waals surface area contributed by atoms with E-state index in [2.05, 4.69) is 24.6 Å². The highest BCUT2D eigenvalue weighted by atomic mass is 35.5. The van der Waals surface area contributed by atoms with Gasteiger partial charge in [-0.15, -0.1) is 0 Å². The normalized spacial score (nSPS) is 13.8. The quantitative estimate of drug-likeness (QED) is 0.585. The molecule has 2 rings (SSSR count). The van der Waals surface area contributed by atoms with E-state index in [1.165, 1.54) is 12.3 Å². The molecule has 0 spiro atoms. The van der Waals surface area contributed by atoms with E-state index in [0.29, 0.717) is 27.6 Å². The molecule has 26 heavy (non-hydrogen) atoms. The number of carboxylic acids is 1. The first-order chi connectivity index (χ1) is 12.0. The fourth-order valence-electron chi connectivity index (χ4n) is 2.59. The first-order valence-electron chi connectivity index (χ1n) is 8.00. The lowest BCUT2D eigenvalue weighted by Gasteiger charge is -2.31. The Kier molecular flexibility index (Phi) is 6.21. The second-order valence-electron chi connectivity index (χ2n) is 7.39. The molecule has 8 heteroatoms. The van der Waals surface area contributed by atoms with Crippen molar-refractivity contribution in [3.8, 4) is 17.4 Å². The summed E-state index contributed by atoms with van der Waals surface area (Å²) in [6, 6.07) is 8.68. The first kappa shape index (κ1) is 20.5. The molecule has 1 atom stereocenters. The van der Waals surface area contributed by atoms with Gasteiger partial charge in [0.25, 0.3) is 0 Å². The van der Waals surface area contributed by atoms with Crippen molar-refractivity contribution in [3.63, 3.8) is 0 Å². The minimum atomic E-state index is -1.65. The molecule has 5 nitrogen and oxygen atoms in total. The molecule has 0 amide bonds. The predicted molar refractivity (Wildman–Crippen MR) is 106 cm³/mol. The van der Waals surface area contributed by atoms with Crippen LogP contribution in [0.25, 0.3) is 0 Å². The molecule has 0 aliphatic heterocycles. The molecule has 1 aromatic heterocycles. The van der Waals surface area contributed by atoms with Crippen LogP contribution in [0.4, 0.5) is 0 Å². The third-order valence-electron chi connectivity index (χ3n) is 3.48. The summed E-state index contributed by atoms with van der Waals surface area (Å²) in [5.41, 5.74) is -1.27. The summed E-state index contributed by atoms with van der Waals surface area (Å²) < 4.78 is 11.4. The number of rotatable bonds is 7. The fourth-order valence-corrected chi connectivity index (χ4v) is 5.26. The molecule has 2 aromatic rings. The van der Waals surface area contributed by atoms with Gasteiger partial charge in [0, 0.05) is 14.3 Å². The van der Waals surface area contributed by atoms with E-state index < -0.39 is 19.6 Å². The summed E-state index contributed by atoms with van der Waals surface area (Å²) in [5, 5.41) is 10.3. The molecule has 140 valence electrons. The van der Waals surface area contributed by atoms with Gasteiger partial charge in [-0.2, -0.15) is 0 Å². The van der Waals surface area contributed by atoms with Crippen molar-refractivity contribution < 1.29 is 19.4 Å². The van der Waals surface area contributed by atoms with Crippen molar-refractivity contribution in [1.29, 1.82) is 0 Å².